The zero-order chi connectivity index (χ0) is 12.0. The maximum atomic E-state index is 4.44. The van der Waals surface area contributed by atoms with Crippen molar-refractivity contribution in [1.82, 2.24) is 20.1 Å². The van der Waals surface area contributed by atoms with Crippen LogP contribution in [-0.4, -0.2) is 21.3 Å². The van der Waals surface area contributed by atoms with Gasteiger partial charge in [0.05, 0.1) is 6.04 Å². The van der Waals surface area contributed by atoms with Gasteiger partial charge in [-0.1, -0.05) is 20.8 Å². The van der Waals surface area contributed by atoms with Crippen LogP contribution in [0.2, 0.25) is 0 Å². The van der Waals surface area contributed by atoms with Gasteiger partial charge < -0.3 is 9.88 Å². The van der Waals surface area contributed by atoms with Crippen LogP contribution in [0.1, 0.15) is 51.3 Å². The highest BCUT2D eigenvalue weighted by atomic mass is 15.3. The lowest BCUT2D eigenvalue weighted by Gasteiger charge is -2.34. The van der Waals surface area contributed by atoms with E-state index in [1.807, 2.05) is 0 Å². The van der Waals surface area contributed by atoms with Crippen LogP contribution in [0.4, 0.5) is 0 Å². The van der Waals surface area contributed by atoms with Gasteiger partial charge in [-0.05, 0) is 24.2 Å². The van der Waals surface area contributed by atoms with Crippen LogP contribution in [0.5, 0.6) is 0 Å². The summed E-state index contributed by atoms with van der Waals surface area (Å²) in [7, 11) is 0. The Balaban J connectivity index is 1.90. The summed E-state index contributed by atoms with van der Waals surface area (Å²) in [6, 6.07) is 0.330. The molecule has 2 heterocycles. The van der Waals surface area contributed by atoms with Crippen molar-refractivity contribution in [2.75, 3.05) is 6.54 Å². The lowest BCUT2D eigenvalue weighted by atomic mass is 9.85. The SMILES string of the molecule is CC(C)(C)C1NCCn2c(CC3CC3)nnc21. The van der Waals surface area contributed by atoms with Gasteiger partial charge in [0.2, 0.25) is 0 Å². The fourth-order valence-corrected chi connectivity index (χ4v) is 2.64. The summed E-state index contributed by atoms with van der Waals surface area (Å²) >= 11 is 0. The fraction of sp³-hybridized carbons (Fsp3) is 0.846. The van der Waals surface area contributed by atoms with Crippen molar-refractivity contribution in [2.45, 2.75) is 52.6 Å². The Morgan fingerprint density at radius 2 is 2.06 bits per heavy atom. The molecule has 0 amide bonds. The van der Waals surface area contributed by atoms with Crippen molar-refractivity contribution >= 4 is 0 Å². The van der Waals surface area contributed by atoms with E-state index < -0.39 is 0 Å². The van der Waals surface area contributed by atoms with Crippen LogP contribution in [0.25, 0.3) is 0 Å². The molecule has 1 unspecified atom stereocenters. The van der Waals surface area contributed by atoms with Gasteiger partial charge in [-0.2, -0.15) is 0 Å². The molecular formula is C13H22N4. The zero-order valence-electron chi connectivity index (χ0n) is 11.0. The van der Waals surface area contributed by atoms with E-state index in [0.717, 1.165) is 31.3 Å². The number of fused-ring (bicyclic) bond motifs is 1. The van der Waals surface area contributed by atoms with Crippen LogP contribution in [0, 0.1) is 11.3 Å². The summed E-state index contributed by atoms with van der Waals surface area (Å²) in [5.74, 6) is 3.23. The van der Waals surface area contributed by atoms with Crippen LogP contribution in [0.3, 0.4) is 0 Å². The van der Waals surface area contributed by atoms with E-state index in [1.165, 1.54) is 18.7 Å². The van der Waals surface area contributed by atoms with Gasteiger partial charge in [0, 0.05) is 19.5 Å². The first-order chi connectivity index (χ1) is 8.05. The van der Waals surface area contributed by atoms with E-state index in [4.69, 9.17) is 0 Å². The summed E-state index contributed by atoms with van der Waals surface area (Å²) in [6.45, 7) is 8.84. The standard InChI is InChI=1S/C13H22N4/c1-13(2,3)11-12-16-15-10(8-9-4-5-9)17(12)7-6-14-11/h9,11,14H,4-8H2,1-3H3. The van der Waals surface area contributed by atoms with E-state index in [-0.39, 0.29) is 5.41 Å². The van der Waals surface area contributed by atoms with Crippen molar-refractivity contribution in [3.05, 3.63) is 11.6 Å². The highest BCUT2D eigenvalue weighted by Gasteiger charge is 2.34. The van der Waals surface area contributed by atoms with E-state index in [0.29, 0.717) is 6.04 Å². The first-order valence-electron chi connectivity index (χ1n) is 6.71. The van der Waals surface area contributed by atoms with E-state index in [1.54, 1.807) is 0 Å². The average Bonchev–Trinajstić information content (AvgIpc) is 2.97. The molecule has 94 valence electrons. The minimum atomic E-state index is 0.196. The summed E-state index contributed by atoms with van der Waals surface area (Å²) in [5.41, 5.74) is 0.196. The molecule has 1 aliphatic heterocycles. The Bertz CT molecular complexity index is 412. The smallest absolute Gasteiger partial charge is 0.150 e. The van der Waals surface area contributed by atoms with Crippen molar-refractivity contribution in [3.8, 4) is 0 Å². The number of hydrogen-bond acceptors (Lipinski definition) is 3. The Labute approximate surface area is 103 Å². The van der Waals surface area contributed by atoms with Crippen LogP contribution >= 0.6 is 0 Å². The topological polar surface area (TPSA) is 42.7 Å². The Hall–Kier alpha value is -0.900. The van der Waals surface area contributed by atoms with Crippen LogP contribution in [-0.2, 0) is 13.0 Å². The monoisotopic (exact) mass is 234 g/mol. The van der Waals surface area contributed by atoms with Gasteiger partial charge in [0.25, 0.3) is 0 Å². The molecule has 0 spiro atoms. The second kappa shape index (κ2) is 3.80. The Morgan fingerprint density at radius 1 is 1.29 bits per heavy atom. The van der Waals surface area contributed by atoms with Crippen molar-refractivity contribution < 1.29 is 0 Å². The molecule has 0 saturated heterocycles. The first kappa shape index (κ1) is 11.2. The third kappa shape index (κ3) is 2.10. The quantitative estimate of drug-likeness (QED) is 0.850. The maximum absolute atomic E-state index is 4.44. The highest BCUT2D eigenvalue weighted by molar-refractivity contribution is 5.09. The lowest BCUT2D eigenvalue weighted by Crippen LogP contribution is -2.41. The van der Waals surface area contributed by atoms with Crippen molar-refractivity contribution in [3.63, 3.8) is 0 Å². The molecule has 17 heavy (non-hydrogen) atoms. The second-order valence-corrected chi connectivity index (χ2v) is 6.53. The molecule has 1 saturated carbocycles. The Morgan fingerprint density at radius 3 is 2.71 bits per heavy atom. The molecule has 1 aromatic heterocycles. The van der Waals surface area contributed by atoms with Crippen LogP contribution < -0.4 is 5.32 Å². The molecule has 0 radical (unpaired) electrons. The van der Waals surface area contributed by atoms with Gasteiger partial charge in [0.1, 0.15) is 5.82 Å². The molecule has 4 heteroatoms. The van der Waals surface area contributed by atoms with E-state index in [9.17, 15) is 0 Å². The van der Waals surface area contributed by atoms with Gasteiger partial charge in [0.15, 0.2) is 5.82 Å². The third-order valence-electron chi connectivity index (χ3n) is 3.83. The third-order valence-corrected chi connectivity index (χ3v) is 3.83. The summed E-state index contributed by atoms with van der Waals surface area (Å²) in [5, 5.41) is 12.4. The summed E-state index contributed by atoms with van der Waals surface area (Å²) in [6.07, 6.45) is 3.89. The molecule has 3 rings (SSSR count). The lowest BCUT2D eigenvalue weighted by molar-refractivity contribution is 0.232. The van der Waals surface area contributed by atoms with Gasteiger partial charge in [-0.3, -0.25) is 0 Å². The second-order valence-electron chi connectivity index (χ2n) is 6.53. The number of nitrogens with one attached hydrogen (secondary N) is 1. The number of nitrogens with zero attached hydrogens (tertiary/aromatic N) is 3. The van der Waals surface area contributed by atoms with E-state index >= 15 is 0 Å². The molecule has 0 aromatic carbocycles. The molecule has 1 N–H and O–H groups in total. The van der Waals surface area contributed by atoms with Gasteiger partial charge in [-0.15, -0.1) is 10.2 Å². The highest BCUT2D eigenvalue weighted by Crippen LogP contribution is 2.36. The molecule has 1 atom stereocenters. The van der Waals surface area contributed by atoms with Crippen molar-refractivity contribution in [2.24, 2.45) is 11.3 Å². The minimum absolute atomic E-state index is 0.196. The Kier molecular flexibility index (Phi) is 2.51. The van der Waals surface area contributed by atoms with Crippen LogP contribution in [0.15, 0.2) is 0 Å². The largest absolute Gasteiger partial charge is 0.312 e. The molecule has 0 bridgehead atoms. The molecule has 1 aromatic rings. The predicted octanol–water partition coefficient (Wildman–Crippen LogP) is 1.92. The van der Waals surface area contributed by atoms with Crippen molar-refractivity contribution in [1.29, 1.82) is 0 Å². The number of aromatic nitrogens is 3. The maximum Gasteiger partial charge on any atom is 0.150 e. The minimum Gasteiger partial charge on any atom is -0.312 e. The predicted molar refractivity (Wildman–Crippen MR) is 66.6 cm³/mol. The summed E-state index contributed by atoms with van der Waals surface area (Å²) < 4.78 is 2.35. The fourth-order valence-electron chi connectivity index (χ4n) is 2.64. The molecule has 1 fully saturated rings. The van der Waals surface area contributed by atoms with Gasteiger partial charge in [-0.25, -0.2) is 0 Å². The zero-order valence-corrected chi connectivity index (χ0v) is 11.0. The molecule has 2 aliphatic rings. The summed E-state index contributed by atoms with van der Waals surface area (Å²) in [4.78, 5) is 0. The normalized spacial score (nSPS) is 24.8. The molecule has 4 nitrogen and oxygen atoms in total. The van der Waals surface area contributed by atoms with Gasteiger partial charge >= 0.3 is 0 Å². The number of hydrogen-bond donors (Lipinski definition) is 1. The average molecular weight is 234 g/mol. The van der Waals surface area contributed by atoms with E-state index in [2.05, 4.69) is 40.9 Å². The first-order valence-corrected chi connectivity index (χ1v) is 6.71. The molecular weight excluding hydrogens is 212 g/mol. The number of rotatable bonds is 2. The molecule has 1 aliphatic carbocycles.